The molecule has 2 aromatic heterocycles. The molecule has 7 heteroatoms. The molecule has 0 aliphatic carbocycles. The first-order valence-corrected chi connectivity index (χ1v) is 10.1. The van der Waals surface area contributed by atoms with Crippen molar-refractivity contribution >= 4 is 40.5 Å². The number of ketones is 1. The molecular formula is C21H19Cl2N3O2. The summed E-state index contributed by atoms with van der Waals surface area (Å²) in [6.45, 7) is 1.59. The second-order valence-corrected chi connectivity index (χ2v) is 7.80. The SMILES string of the molecule is O=C(c1ccc(C(=O)N2CCCCCC2)cc1)c1cnc2c(Cl)cc(Cl)cn12. The predicted molar refractivity (Wildman–Crippen MR) is 109 cm³/mol. The number of fused-ring (bicyclic) bond motifs is 1. The molecule has 3 heterocycles. The van der Waals surface area contributed by atoms with E-state index in [4.69, 9.17) is 23.2 Å². The van der Waals surface area contributed by atoms with E-state index in [1.165, 1.54) is 19.0 Å². The highest BCUT2D eigenvalue weighted by Gasteiger charge is 2.19. The van der Waals surface area contributed by atoms with Crippen molar-refractivity contribution in [1.82, 2.24) is 14.3 Å². The number of nitrogens with zero attached hydrogens (tertiary/aromatic N) is 3. The molecule has 1 saturated heterocycles. The first-order chi connectivity index (χ1) is 13.5. The van der Waals surface area contributed by atoms with Crippen molar-refractivity contribution in [2.45, 2.75) is 25.7 Å². The minimum atomic E-state index is -0.209. The zero-order valence-electron chi connectivity index (χ0n) is 15.2. The van der Waals surface area contributed by atoms with Crippen LogP contribution in [-0.4, -0.2) is 39.1 Å². The van der Waals surface area contributed by atoms with Crippen LogP contribution >= 0.6 is 23.2 Å². The Kier molecular flexibility index (Phi) is 5.38. The number of carbonyl (C=O) groups excluding carboxylic acids is 2. The van der Waals surface area contributed by atoms with Crippen molar-refractivity contribution in [2.24, 2.45) is 0 Å². The standard InChI is InChI=1S/C21H19Cl2N3O2/c22-16-11-17(23)20-24-12-18(26(20)13-16)19(27)14-5-7-15(8-6-14)21(28)25-9-3-1-2-4-10-25/h5-8,11-13H,1-4,9-10H2. The average molecular weight is 416 g/mol. The quantitative estimate of drug-likeness (QED) is 0.572. The number of imidazole rings is 1. The number of pyridine rings is 1. The minimum Gasteiger partial charge on any atom is -0.339 e. The topological polar surface area (TPSA) is 54.7 Å². The Bertz CT molecular complexity index is 1040. The molecule has 0 N–H and O–H groups in total. The molecule has 0 radical (unpaired) electrons. The maximum absolute atomic E-state index is 12.9. The van der Waals surface area contributed by atoms with Gasteiger partial charge in [0, 0.05) is 30.4 Å². The van der Waals surface area contributed by atoms with Crippen LogP contribution in [0.5, 0.6) is 0 Å². The number of rotatable bonds is 3. The van der Waals surface area contributed by atoms with E-state index in [0.29, 0.717) is 32.5 Å². The Morgan fingerprint density at radius 1 is 0.929 bits per heavy atom. The molecule has 1 aliphatic heterocycles. The molecular weight excluding hydrogens is 397 g/mol. The summed E-state index contributed by atoms with van der Waals surface area (Å²) in [5.41, 5.74) is 1.92. The largest absolute Gasteiger partial charge is 0.339 e. The highest BCUT2D eigenvalue weighted by Crippen LogP contribution is 2.24. The van der Waals surface area contributed by atoms with E-state index in [2.05, 4.69) is 4.98 Å². The van der Waals surface area contributed by atoms with Gasteiger partial charge in [0.25, 0.3) is 5.91 Å². The molecule has 144 valence electrons. The molecule has 1 amide bonds. The zero-order valence-corrected chi connectivity index (χ0v) is 16.7. The summed E-state index contributed by atoms with van der Waals surface area (Å²) < 4.78 is 1.59. The van der Waals surface area contributed by atoms with Crippen LogP contribution in [0.2, 0.25) is 10.0 Å². The molecule has 28 heavy (non-hydrogen) atoms. The summed E-state index contributed by atoms with van der Waals surface area (Å²) in [4.78, 5) is 31.8. The van der Waals surface area contributed by atoms with Crippen LogP contribution in [0, 0.1) is 0 Å². The highest BCUT2D eigenvalue weighted by molar-refractivity contribution is 6.36. The summed E-state index contributed by atoms with van der Waals surface area (Å²) in [6.07, 6.45) is 7.52. The third kappa shape index (κ3) is 3.64. The molecule has 0 unspecified atom stereocenters. The van der Waals surface area contributed by atoms with Gasteiger partial charge in [0.1, 0.15) is 5.69 Å². The van der Waals surface area contributed by atoms with E-state index in [0.717, 1.165) is 25.9 Å². The molecule has 1 fully saturated rings. The van der Waals surface area contributed by atoms with E-state index in [9.17, 15) is 9.59 Å². The fourth-order valence-electron chi connectivity index (χ4n) is 3.55. The normalized spacial score (nSPS) is 14.9. The van der Waals surface area contributed by atoms with Crippen LogP contribution in [0.3, 0.4) is 0 Å². The third-order valence-corrected chi connectivity index (χ3v) is 5.53. The van der Waals surface area contributed by atoms with Gasteiger partial charge in [-0.2, -0.15) is 0 Å². The Labute approximate surface area is 172 Å². The first kappa shape index (κ1) is 19.0. The van der Waals surface area contributed by atoms with Gasteiger partial charge in [-0.1, -0.05) is 48.2 Å². The van der Waals surface area contributed by atoms with Crippen LogP contribution in [0.25, 0.3) is 5.65 Å². The van der Waals surface area contributed by atoms with E-state index in [1.54, 1.807) is 40.9 Å². The molecule has 0 spiro atoms. The predicted octanol–water partition coefficient (Wildman–Crippen LogP) is 4.89. The van der Waals surface area contributed by atoms with Gasteiger partial charge in [-0.15, -0.1) is 0 Å². The Morgan fingerprint density at radius 2 is 1.57 bits per heavy atom. The first-order valence-electron chi connectivity index (χ1n) is 9.31. The molecule has 0 atom stereocenters. The van der Waals surface area contributed by atoms with Gasteiger partial charge in [0.15, 0.2) is 5.65 Å². The fraction of sp³-hybridized carbons (Fsp3) is 0.286. The number of carbonyl (C=O) groups is 2. The zero-order chi connectivity index (χ0) is 19.7. The maximum Gasteiger partial charge on any atom is 0.253 e. The number of amides is 1. The monoisotopic (exact) mass is 415 g/mol. The van der Waals surface area contributed by atoms with Gasteiger partial charge < -0.3 is 4.90 Å². The molecule has 0 saturated carbocycles. The van der Waals surface area contributed by atoms with Crippen molar-refractivity contribution < 1.29 is 9.59 Å². The van der Waals surface area contributed by atoms with Crippen molar-refractivity contribution in [3.05, 3.63) is 69.6 Å². The lowest BCUT2D eigenvalue weighted by atomic mass is 10.1. The van der Waals surface area contributed by atoms with Crippen molar-refractivity contribution in [2.75, 3.05) is 13.1 Å². The van der Waals surface area contributed by atoms with Gasteiger partial charge in [0.05, 0.1) is 16.2 Å². The molecule has 0 bridgehead atoms. The van der Waals surface area contributed by atoms with Gasteiger partial charge in [-0.3, -0.25) is 14.0 Å². The van der Waals surface area contributed by atoms with Crippen molar-refractivity contribution in [3.63, 3.8) is 0 Å². The van der Waals surface area contributed by atoms with Crippen molar-refractivity contribution in [1.29, 1.82) is 0 Å². The molecule has 1 aliphatic rings. The van der Waals surface area contributed by atoms with Crippen LogP contribution in [-0.2, 0) is 0 Å². The Hall–Kier alpha value is -2.37. The summed E-state index contributed by atoms with van der Waals surface area (Å²) >= 11 is 12.2. The van der Waals surface area contributed by atoms with E-state index in [1.807, 2.05) is 4.90 Å². The van der Waals surface area contributed by atoms with E-state index < -0.39 is 0 Å². The average Bonchev–Trinajstić information content (AvgIpc) is 2.93. The number of hydrogen-bond donors (Lipinski definition) is 0. The molecule has 3 aromatic rings. The van der Waals surface area contributed by atoms with Gasteiger partial charge in [0.2, 0.25) is 5.78 Å². The second kappa shape index (κ2) is 7.94. The minimum absolute atomic E-state index is 0.0225. The number of likely N-dealkylation sites (tertiary alicyclic amines) is 1. The van der Waals surface area contributed by atoms with Crippen LogP contribution in [0.1, 0.15) is 52.1 Å². The second-order valence-electron chi connectivity index (χ2n) is 6.96. The lowest BCUT2D eigenvalue weighted by molar-refractivity contribution is 0.0761. The summed E-state index contributed by atoms with van der Waals surface area (Å²) in [5, 5.41) is 0.799. The Morgan fingerprint density at radius 3 is 2.25 bits per heavy atom. The molecule has 5 nitrogen and oxygen atoms in total. The summed E-state index contributed by atoms with van der Waals surface area (Å²) in [6, 6.07) is 8.37. The molecule has 1 aromatic carbocycles. The number of benzene rings is 1. The summed E-state index contributed by atoms with van der Waals surface area (Å²) in [7, 11) is 0. The highest BCUT2D eigenvalue weighted by atomic mass is 35.5. The van der Waals surface area contributed by atoms with Crippen LogP contribution < -0.4 is 0 Å². The van der Waals surface area contributed by atoms with E-state index >= 15 is 0 Å². The smallest absolute Gasteiger partial charge is 0.253 e. The van der Waals surface area contributed by atoms with Crippen molar-refractivity contribution in [3.8, 4) is 0 Å². The van der Waals surface area contributed by atoms with Gasteiger partial charge >= 0.3 is 0 Å². The molecule has 4 rings (SSSR count). The number of aromatic nitrogens is 2. The number of halogens is 2. The van der Waals surface area contributed by atoms with Crippen LogP contribution in [0.4, 0.5) is 0 Å². The fourth-order valence-corrected chi connectivity index (χ4v) is 4.07. The van der Waals surface area contributed by atoms with Crippen LogP contribution in [0.15, 0.2) is 42.7 Å². The third-order valence-electron chi connectivity index (χ3n) is 5.05. The van der Waals surface area contributed by atoms with Gasteiger partial charge in [-0.05, 0) is 31.0 Å². The van der Waals surface area contributed by atoms with E-state index in [-0.39, 0.29) is 11.7 Å². The summed E-state index contributed by atoms with van der Waals surface area (Å²) in [5.74, 6) is -0.186. The lowest BCUT2D eigenvalue weighted by Crippen LogP contribution is -2.31. The number of hydrogen-bond acceptors (Lipinski definition) is 3. The van der Waals surface area contributed by atoms with Gasteiger partial charge in [-0.25, -0.2) is 4.98 Å². The Balaban J connectivity index is 1.59. The maximum atomic E-state index is 12.9. The lowest BCUT2D eigenvalue weighted by Gasteiger charge is -2.20.